The summed E-state index contributed by atoms with van der Waals surface area (Å²) in [6.07, 6.45) is 0. The molecule has 0 N–H and O–H groups in total. The minimum absolute atomic E-state index is 0.693. The molecule has 0 aliphatic carbocycles. The second-order valence-corrected chi connectivity index (χ2v) is 3.93. The van der Waals surface area contributed by atoms with E-state index in [0.29, 0.717) is 5.56 Å². The van der Waals surface area contributed by atoms with E-state index in [4.69, 9.17) is 5.26 Å². The highest BCUT2D eigenvalue weighted by molar-refractivity contribution is 14.1. The van der Waals surface area contributed by atoms with Crippen molar-refractivity contribution in [1.29, 1.82) is 5.26 Å². The van der Waals surface area contributed by atoms with E-state index in [9.17, 15) is 0 Å². The average Bonchev–Trinajstić information content (AvgIpc) is 1.85. The Balaban J connectivity index is 3.22. The molecule has 0 fully saturated rings. The number of hydrogen-bond acceptors (Lipinski definition) is 1. The van der Waals surface area contributed by atoms with Crippen molar-refractivity contribution >= 4 is 38.5 Å². The highest BCUT2D eigenvalue weighted by Crippen LogP contribution is 2.16. The molecule has 0 saturated heterocycles. The fourth-order valence-corrected chi connectivity index (χ4v) is 2.21. The van der Waals surface area contributed by atoms with Gasteiger partial charge < -0.3 is 0 Å². The Hall–Kier alpha value is -0.0800. The number of nitriles is 1. The molecule has 0 aromatic heterocycles. The van der Waals surface area contributed by atoms with Crippen molar-refractivity contribution in [1.82, 2.24) is 0 Å². The van der Waals surface area contributed by atoms with Gasteiger partial charge in [0, 0.05) is 8.04 Å². The molecule has 0 aliphatic heterocycles. The summed E-state index contributed by atoms with van der Waals surface area (Å²) in [7, 11) is 0. The lowest BCUT2D eigenvalue weighted by Gasteiger charge is -1.92. The smallest absolute Gasteiger partial charge is 0.0992 e. The third-order valence-corrected chi connectivity index (χ3v) is 2.07. The predicted octanol–water partition coefficient (Wildman–Crippen LogP) is 2.93. The predicted molar refractivity (Wildman–Crippen MR) is 51.6 cm³/mol. The topological polar surface area (TPSA) is 23.8 Å². The largest absolute Gasteiger partial charge is 0.192 e. The molecule has 0 amide bonds. The summed E-state index contributed by atoms with van der Waals surface area (Å²) in [5.74, 6) is 0. The molecule has 1 aromatic carbocycles. The fraction of sp³-hybridized carbons (Fsp3) is 0. The highest BCUT2D eigenvalue weighted by atomic mass is 127. The first-order valence-electron chi connectivity index (χ1n) is 2.58. The minimum atomic E-state index is 0.693. The number of halogens is 2. The zero-order chi connectivity index (χ0) is 7.56. The van der Waals surface area contributed by atoms with Gasteiger partial charge in [0.25, 0.3) is 0 Å². The molecular weight excluding hydrogens is 305 g/mol. The standard InChI is InChI=1S/C7H3BrIN/c8-6-1-5(4-10)2-7(9)3-6/h1-3H. The maximum Gasteiger partial charge on any atom is 0.0992 e. The molecule has 1 rings (SSSR count). The van der Waals surface area contributed by atoms with E-state index in [-0.39, 0.29) is 0 Å². The lowest BCUT2D eigenvalue weighted by Crippen LogP contribution is -1.76. The molecule has 0 heterocycles. The third-order valence-electron chi connectivity index (χ3n) is 0.992. The summed E-state index contributed by atoms with van der Waals surface area (Å²) in [5, 5.41) is 8.51. The lowest BCUT2D eigenvalue weighted by molar-refractivity contribution is 1.46. The van der Waals surface area contributed by atoms with Crippen LogP contribution in [0.5, 0.6) is 0 Å². The highest BCUT2D eigenvalue weighted by Gasteiger charge is 1.94. The van der Waals surface area contributed by atoms with E-state index < -0.39 is 0 Å². The van der Waals surface area contributed by atoms with E-state index in [1.165, 1.54) is 0 Å². The summed E-state index contributed by atoms with van der Waals surface area (Å²) in [5.41, 5.74) is 0.693. The fourth-order valence-electron chi connectivity index (χ4n) is 0.618. The molecule has 0 spiro atoms. The van der Waals surface area contributed by atoms with Gasteiger partial charge in [-0.1, -0.05) is 15.9 Å². The van der Waals surface area contributed by atoms with Crippen LogP contribution in [0.1, 0.15) is 5.56 Å². The Kier molecular flexibility index (Phi) is 2.69. The van der Waals surface area contributed by atoms with E-state index in [0.717, 1.165) is 8.04 Å². The van der Waals surface area contributed by atoms with Crippen LogP contribution in [0.2, 0.25) is 0 Å². The zero-order valence-corrected chi connectivity index (χ0v) is 8.68. The molecule has 1 aromatic rings. The first kappa shape index (κ1) is 8.02. The normalized spacial score (nSPS) is 8.90. The van der Waals surface area contributed by atoms with Crippen LogP contribution in [0.4, 0.5) is 0 Å². The van der Waals surface area contributed by atoms with Gasteiger partial charge in [0.15, 0.2) is 0 Å². The first-order chi connectivity index (χ1) is 4.72. The van der Waals surface area contributed by atoms with Gasteiger partial charge in [0.2, 0.25) is 0 Å². The maximum atomic E-state index is 8.51. The molecule has 0 atom stereocenters. The Bertz CT molecular complexity index is 270. The monoisotopic (exact) mass is 307 g/mol. The van der Waals surface area contributed by atoms with Crippen LogP contribution in [0.25, 0.3) is 0 Å². The SMILES string of the molecule is N#Cc1cc(Br)cc(I)c1. The average molecular weight is 308 g/mol. The molecule has 0 unspecified atom stereocenters. The number of nitrogens with zero attached hydrogens (tertiary/aromatic N) is 1. The Labute approximate surface area is 81.3 Å². The molecule has 0 bridgehead atoms. The Morgan fingerprint density at radius 1 is 1.40 bits per heavy atom. The van der Waals surface area contributed by atoms with Crippen LogP contribution in [0.15, 0.2) is 22.7 Å². The van der Waals surface area contributed by atoms with Gasteiger partial charge >= 0.3 is 0 Å². The second kappa shape index (κ2) is 3.35. The quantitative estimate of drug-likeness (QED) is 0.676. The molecule has 10 heavy (non-hydrogen) atoms. The van der Waals surface area contributed by atoms with E-state index >= 15 is 0 Å². The summed E-state index contributed by atoms with van der Waals surface area (Å²) >= 11 is 5.47. The summed E-state index contributed by atoms with van der Waals surface area (Å²) in [6.45, 7) is 0. The zero-order valence-electron chi connectivity index (χ0n) is 4.94. The van der Waals surface area contributed by atoms with Crippen molar-refractivity contribution in [2.75, 3.05) is 0 Å². The van der Waals surface area contributed by atoms with Gasteiger partial charge in [-0.2, -0.15) is 5.26 Å². The van der Waals surface area contributed by atoms with Gasteiger partial charge in [0.1, 0.15) is 0 Å². The summed E-state index contributed by atoms with van der Waals surface area (Å²) < 4.78 is 2.03. The van der Waals surface area contributed by atoms with Crippen LogP contribution >= 0.6 is 38.5 Å². The molecule has 50 valence electrons. The lowest BCUT2D eigenvalue weighted by atomic mass is 10.2. The van der Waals surface area contributed by atoms with Crippen molar-refractivity contribution in [2.24, 2.45) is 0 Å². The van der Waals surface area contributed by atoms with Gasteiger partial charge in [-0.05, 0) is 40.8 Å². The van der Waals surface area contributed by atoms with E-state index in [1.807, 2.05) is 12.1 Å². The molecule has 3 heteroatoms. The van der Waals surface area contributed by atoms with Crippen LogP contribution in [-0.2, 0) is 0 Å². The van der Waals surface area contributed by atoms with Crippen molar-refractivity contribution in [3.05, 3.63) is 31.8 Å². The van der Waals surface area contributed by atoms with Crippen molar-refractivity contribution in [2.45, 2.75) is 0 Å². The van der Waals surface area contributed by atoms with E-state index in [2.05, 4.69) is 44.6 Å². The molecule has 0 radical (unpaired) electrons. The molecule has 0 aliphatic rings. The summed E-state index contributed by atoms with van der Waals surface area (Å²) in [6, 6.07) is 7.67. The molecular formula is C7H3BrIN. The Morgan fingerprint density at radius 3 is 2.60 bits per heavy atom. The van der Waals surface area contributed by atoms with Crippen LogP contribution < -0.4 is 0 Å². The van der Waals surface area contributed by atoms with Crippen LogP contribution in [0.3, 0.4) is 0 Å². The molecule has 1 nitrogen and oxygen atoms in total. The molecule has 0 saturated carbocycles. The maximum absolute atomic E-state index is 8.51. The van der Waals surface area contributed by atoms with Gasteiger partial charge in [-0.3, -0.25) is 0 Å². The first-order valence-corrected chi connectivity index (χ1v) is 4.46. The van der Waals surface area contributed by atoms with Gasteiger partial charge in [-0.15, -0.1) is 0 Å². The van der Waals surface area contributed by atoms with Crippen LogP contribution in [-0.4, -0.2) is 0 Å². The Morgan fingerprint density at radius 2 is 2.10 bits per heavy atom. The van der Waals surface area contributed by atoms with Gasteiger partial charge in [0.05, 0.1) is 11.6 Å². The number of hydrogen-bond donors (Lipinski definition) is 0. The van der Waals surface area contributed by atoms with Gasteiger partial charge in [-0.25, -0.2) is 0 Å². The third kappa shape index (κ3) is 1.96. The summed E-state index contributed by atoms with van der Waals surface area (Å²) in [4.78, 5) is 0. The van der Waals surface area contributed by atoms with Crippen LogP contribution in [0, 0.1) is 14.9 Å². The second-order valence-electron chi connectivity index (χ2n) is 1.77. The minimum Gasteiger partial charge on any atom is -0.192 e. The number of rotatable bonds is 0. The number of benzene rings is 1. The van der Waals surface area contributed by atoms with Crippen molar-refractivity contribution in [3.8, 4) is 6.07 Å². The van der Waals surface area contributed by atoms with Crippen molar-refractivity contribution < 1.29 is 0 Å². The van der Waals surface area contributed by atoms with Crippen molar-refractivity contribution in [3.63, 3.8) is 0 Å². The van der Waals surface area contributed by atoms with E-state index in [1.54, 1.807) is 6.07 Å².